The molecule has 0 atom stereocenters. The molecule has 0 amide bonds. The summed E-state index contributed by atoms with van der Waals surface area (Å²) in [5.41, 5.74) is 3.44. The van der Waals surface area contributed by atoms with Crippen LogP contribution in [-0.2, 0) is 12.8 Å². The summed E-state index contributed by atoms with van der Waals surface area (Å²) >= 11 is 1.57. The Morgan fingerprint density at radius 2 is 1.90 bits per heavy atom. The third kappa shape index (κ3) is 2.91. The lowest BCUT2D eigenvalue weighted by molar-refractivity contribution is 0.477. The van der Waals surface area contributed by atoms with Gasteiger partial charge in [0.05, 0.1) is 0 Å². The number of nitriles is 1. The fraction of sp³-hybridized carbons (Fsp3) is 0.278. The predicted octanol–water partition coefficient (Wildman–Crippen LogP) is 4.95. The van der Waals surface area contributed by atoms with Gasteiger partial charge in [0, 0.05) is 4.90 Å². The Morgan fingerprint density at radius 1 is 1.10 bits per heavy atom. The van der Waals surface area contributed by atoms with Gasteiger partial charge >= 0.3 is 0 Å². The van der Waals surface area contributed by atoms with E-state index in [1.54, 1.807) is 11.8 Å². The molecule has 21 heavy (non-hydrogen) atoms. The zero-order valence-electron chi connectivity index (χ0n) is 12.1. The van der Waals surface area contributed by atoms with E-state index in [0.717, 1.165) is 17.1 Å². The highest BCUT2D eigenvalue weighted by Gasteiger charge is 2.12. The molecule has 106 valence electrons. The molecule has 2 aromatic rings. The highest BCUT2D eigenvalue weighted by Crippen LogP contribution is 2.33. The van der Waals surface area contributed by atoms with E-state index in [9.17, 15) is 5.26 Å². The van der Waals surface area contributed by atoms with E-state index in [1.165, 1.54) is 30.4 Å². The maximum Gasteiger partial charge on any atom is 0.146 e. The monoisotopic (exact) mass is 295 g/mol. The largest absolute Gasteiger partial charge is 0.456 e. The number of benzene rings is 2. The van der Waals surface area contributed by atoms with Gasteiger partial charge in [0.1, 0.15) is 23.1 Å². The number of hydrogen-bond donors (Lipinski definition) is 0. The van der Waals surface area contributed by atoms with Gasteiger partial charge in [0.2, 0.25) is 0 Å². The predicted molar refractivity (Wildman–Crippen MR) is 86.1 cm³/mol. The van der Waals surface area contributed by atoms with Crippen LogP contribution in [0.25, 0.3) is 0 Å². The van der Waals surface area contributed by atoms with Crippen molar-refractivity contribution >= 4 is 11.8 Å². The zero-order valence-corrected chi connectivity index (χ0v) is 12.9. The minimum atomic E-state index is 0.614. The highest BCUT2D eigenvalue weighted by atomic mass is 32.2. The normalized spacial score (nSPS) is 13.3. The first-order chi connectivity index (χ1) is 10.3. The molecule has 3 rings (SSSR count). The molecule has 3 heteroatoms. The van der Waals surface area contributed by atoms with Crippen molar-refractivity contribution in [2.75, 3.05) is 6.26 Å². The summed E-state index contributed by atoms with van der Waals surface area (Å²) in [6, 6.07) is 14.3. The van der Waals surface area contributed by atoms with Crippen molar-refractivity contribution < 1.29 is 4.74 Å². The van der Waals surface area contributed by atoms with E-state index < -0.39 is 0 Å². The van der Waals surface area contributed by atoms with Crippen LogP contribution in [0.5, 0.6) is 11.5 Å². The minimum Gasteiger partial charge on any atom is -0.456 e. The Labute approximate surface area is 129 Å². The fourth-order valence-corrected chi connectivity index (χ4v) is 3.34. The Morgan fingerprint density at radius 3 is 2.67 bits per heavy atom. The fourth-order valence-electron chi connectivity index (χ4n) is 2.78. The molecule has 0 unspecified atom stereocenters. The average Bonchev–Trinajstić information content (AvgIpc) is 2.54. The molecule has 0 heterocycles. The summed E-state index contributed by atoms with van der Waals surface area (Å²) in [7, 11) is 0. The lowest BCUT2D eigenvalue weighted by Gasteiger charge is -2.17. The number of fused-ring (bicyclic) bond motifs is 1. The molecule has 2 aromatic carbocycles. The van der Waals surface area contributed by atoms with E-state index in [-0.39, 0.29) is 0 Å². The van der Waals surface area contributed by atoms with Crippen LogP contribution in [0.15, 0.2) is 41.3 Å². The summed E-state index contributed by atoms with van der Waals surface area (Å²) in [6.07, 6.45) is 6.80. The van der Waals surface area contributed by atoms with Crippen molar-refractivity contribution in [1.29, 1.82) is 5.26 Å². The number of thioether (sulfide) groups is 1. The summed E-state index contributed by atoms with van der Waals surface area (Å²) in [4.78, 5) is 0.952. The molecule has 0 aromatic heterocycles. The zero-order chi connectivity index (χ0) is 14.7. The van der Waals surface area contributed by atoms with Crippen molar-refractivity contribution in [2.45, 2.75) is 30.6 Å². The number of rotatable bonds is 3. The Hall–Kier alpha value is -1.92. The molecule has 0 N–H and O–H groups in total. The molecule has 0 saturated heterocycles. The second-order valence-electron chi connectivity index (χ2n) is 5.18. The summed E-state index contributed by atoms with van der Waals surface area (Å²) in [5, 5.41) is 9.36. The number of nitrogens with zero attached hydrogens (tertiary/aromatic N) is 1. The van der Waals surface area contributed by atoms with Crippen LogP contribution in [0.2, 0.25) is 0 Å². The van der Waals surface area contributed by atoms with Crippen molar-refractivity contribution in [3.8, 4) is 17.6 Å². The van der Waals surface area contributed by atoms with E-state index in [0.29, 0.717) is 11.3 Å². The molecule has 0 fully saturated rings. The third-order valence-electron chi connectivity index (χ3n) is 3.87. The van der Waals surface area contributed by atoms with E-state index in [1.807, 2.05) is 30.5 Å². The molecular weight excluding hydrogens is 278 g/mol. The van der Waals surface area contributed by atoms with Gasteiger partial charge in [-0.25, -0.2) is 0 Å². The SMILES string of the molecule is CSc1cccc(Oc2ccc3c(c2)CCCC3)c1C#N. The van der Waals surface area contributed by atoms with Crippen LogP contribution in [0.1, 0.15) is 29.5 Å². The Kier molecular flexibility index (Phi) is 4.17. The second kappa shape index (κ2) is 6.24. The first-order valence-electron chi connectivity index (χ1n) is 7.18. The van der Waals surface area contributed by atoms with Gasteiger partial charge in [0.25, 0.3) is 0 Å². The number of hydrogen-bond acceptors (Lipinski definition) is 3. The van der Waals surface area contributed by atoms with Crippen molar-refractivity contribution in [3.63, 3.8) is 0 Å². The van der Waals surface area contributed by atoms with Crippen LogP contribution >= 0.6 is 11.8 Å². The van der Waals surface area contributed by atoms with E-state index >= 15 is 0 Å². The molecular formula is C18H17NOS. The van der Waals surface area contributed by atoms with Gasteiger partial charge in [0.15, 0.2) is 0 Å². The van der Waals surface area contributed by atoms with Gasteiger partial charge in [-0.2, -0.15) is 5.26 Å². The maximum absolute atomic E-state index is 9.36. The van der Waals surface area contributed by atoms with Gasteiger partial charge in [-0.05, 0) is 67.3 Å². The lowest BCUT2D eigenvalue weighted by Crippen LogP contribution is -2.02. The van der Waals surface area contributed by atoms with Crippen LogP contribution < -0.4 is 4.74 Å². The average molecular weight is 295 g/mol. The first kappa shape index (κ1) is 14.0. The maximum atomic E-state index is 9.36. The molecule has 0 saturated carbocycles. The standard InChI is InChI=1S/C18H17NOS/c1-21-18-8-4-7-17(16(18)12-19)20-15-10-9-13-5-2-3-6-14(13)11-15/h4,7-11H,2-3,5-6H2,1H3. The summed E-state index contributed by atoms with van der Waals surface area (Å²) < 4.78 is 5.97. The lowest BCUT2D eigenvalue weighted by atomic mass is 9.92. The molecule has 1 aliphatic rings. The molecule has 2 nitrogen and oxygen atoms in total. The summed E-state index contributed by atoms with van der Waals surface area (Å²) in [6.45, 7) is 0. The first-order valence-corrected chi connectivity index (χ1v) is 8.41. The van der Waals surface area contributed by atoms with Gasteiger partial charge < -0.3 is 4.74 Å². The highest BCUT2D eigenvalue weighted by molar-refractivity contribution is 7.98. The third-order valence-corrected chi connectivity index (χ3v) is 4.65. The van der Waals surface area contributed by atoms with Crippen molar-refractivity contribution in [3.05, 3.63) is 53.1 Å². The molecule has 0 radical (unpaired) electrons. The second-order valence-corrected chi connectivity index (χ2v) is 6.03. The van der Waals surface area contributed by atoms with Crippen molar-refractivity contribution in [2.24, 2.45) is 0 Å². The van der Waals surface area contributed by atoms with Crippen molar-refractivity contribution in [1.82, 2.24) is 0 Å². The van der Waals surface area contributed by atoms with Crippen LogP contribution in [0.4, 0.5) is 0 Å². The number of aryl methyl sites for hydroxylation is 2. The Bertz CT molecular complexity index is 703. The quantitative estimate of drug-likeness (QED) is 0.751. The summed E-state index contributed by atoms with van der Waals surface area (Å²) in [5.74, 6) is 1.46. The molecule has 0 aliphatic heterocycles. The Balaban J connectivity index is 1.92. The minimum absolute atomic E-state index is 0.614. The van der Waals surface area contributed by atoms with Crippen LogP contribution in [-0.4, -0.2) is 6.26 Å². The number of ether oxygens (including phenoxy) is 1. The molecule has 0 spiro atoms. The smallest absolute Gasteiger partial charge is 0.146 e. The van der Waals surface area contributed by atoms with Gasteiger partial charge in [-0.1, -0.05) is 12.1 Å². The van der Waals surface area contributed by atoms with E-state index in [4.69, 9.17) is 4.74 Å². The van der Waals surface area contributed by atoms with Crippen LogP contribution in [0.3, 0.4) is 0 Å². The van der Waals surface area contributed by atoms with Gasteiger partial charge in [-0.3, -0.25) is 0 Å². The van der Waals surface area contributed by atoms with E-state index in [2.05, 4.69) is 18.2 Å². The molecule has 0 bridgehead atoms. The molecule has 1 aliphatic carbocycles. The topological polar surface area (TPSA) is 33.0 Å². The van der Waals surface area contributed by atoms with Crippen LogP contribution in [0, 0.1) is 11.3 Å². The van der Waals surface area contributed by atoms with Gasteiger partial charge in [-0.15, -0.1) is 11.8 Å².